The molecule has 0 saturated heterocycles. The van der Waals surface area contributed by atoms with E-state index < -0.39 is 36.3 Å². The van der Waals surface area contributed by atoms with Crippen LogP contribution >= 0.6 is 0 Å². The van der Waals surface area contributed by atoms with Crippen molar-refractivity contribution in [2.24, 2.45) is 0 Å². The third-order valence-corrected chi connectivity index (χ3v) is 0. The molecule has 0 amide bonds. The van der Waals surface area contributed by atoms with Crippen molar-refractivity contribution in [1.29, 1.82) is 0 Å². The molecule has 0 radical (unpaired) electrons. The second-order valence-corrected chi connectivity index (χ2v) is 4.95. The summed E-state index contributed by atoms with van der Waals surface area (Å²) in [6.45, 7) is 0. The number of hydrogen-bond acceptors (Lipinski definition) is 8. The first-order valence-electron chi connectivity index (χ1n) is 1.79. The van der Waals surface area contributed by atoms with Crippen LogP contribution in [0.2, 0.25) is 0 Å². The van der Waals surface area contributed by atoms with Gasteiger partial charge in [-0.25, -0.2) is 0 Å². The Hall–Kier alpha value is 4.25. The predicted octanol–water partition coefficient (Wildman–Crippen LogP) is -6.29. The summed E-state index contributed by atoms with van der Waals surface area (Å²) < 4.78 is 59.0. The SMILES string of the molecule is [BaH2].[BaH2].[OH][Ti]([OH])([OH])[OH].[OH][Ti]([OH])([OH])[OH]. The van der Waals surface area contributed by atoms with Crippen molar-refractivity contribution >= 4 is 97.8 Å². The Kier molecular flexibility index (Phi) is 24.6. The average Bonchev–Trinajstić information content (AvgIpc) is 1.12. The van der Waals surface area contributed by atoms with Crippen LogP contribution in [-0.2, 0) is 36.3 Å². The van der Waals surface area contributed by atoms with Crippen molar-refractivity contribution in [1.82, 2.24) is 0 Å². The van der Waals surface area contributed by atoms with Gasteiger partial charge in [-0.3, -0.25) is 0 Å². The predicted molar refractivity (Wildman–Crippen MR) is 34.8 cm³/mol. The molecule has 0 saturated carbocycles. The van der Waals surface area contributed by atoms with Crippen molar-refractivity contribution in [2.75, 3.05) is 0 Å². The van der Waals surface area contributed by atoms with Crippen molar-refractivity contribution in [3.05, 3.63) is 0 Å². The van der Waals surface area contributed by atoms with Crippen LogP contribution in [0.15, 0.2) is 0 Å². The fourth-order valence-corrected chi connectivity index (χ4v) is 0. The van der Waals surface area contributed by atoms with E-state index in [4.69, 9.17) is 29.5 Å². The molecule has 0 aromatic carbocycles. The Bertz CT molecular complexity index is 58.0. The summed E-state index contributed by atoms with van der Waals surface area (Å²) in [6, 6.07) is 0. The monoisotopic (exact) mass is 512 g/mol. The van der Waals surface area contributed by atoms with Crippen LogP contribution in [0.5, 0.6) is 0 Å². The van der Waals surface area contributed by atoms with Crippen LogP contribution in [0.3, 0.4) is 0 Å². The molecule has 0 spiro atoms. The second kappa shape index (κ2) is 11.7. The van der Waals surface area contributed by atoms with Crippen LogP contribution in [0.4, 0.5) is 0 Å². The molecule has 72 valence electrons. The van der Waals surface area contributed by atoms with E-state index in [9.17, 15) is 0 Å². The van der Waals surface area contributed by atoms with Crippen LogP contribution in [-0.4, -0.2) is 127 Å². The van der Waals surface area contributed by atoms with Crippen LogP contribution in [0.1, 0.15) is 0 Å². The molecule has 0 fully saturated rings. The molecule has 0 aliphatic heterocycles. The van der Waals surface area contributed by atoms with E-state index in [0.717, 1.165) is 0 Å². The third kappa shape index (κ3) is 138. The molecule has 12 heteroatoms. The van der Waals surface area contributed by atoms with Gasteiger partial charge in [0.25, 0.3) is 0 Å². The number of rotatable bonds is 0. The van der Waals surface area contributed by atoms with E-state index in [1.165, 1.54) is 0 Å². The van der Waals surface area contributed by atoms with Gasteiger partial charge >= 0.3 is 164 Å². The zero-order valence-corrected chi connectivity index (χ0v) is 7.70. The van der Waals surface area contributed by atoms with Gasteiger partial charge < -0.3 is 0 Å². The Morgan fingerprint density at radius 2 is 0.417 bits per heavy atom. The van der Waals surface area contributed by atoms with Gasteiger partial charge in [-0.05, 0) is 0 Å². The molecule has 0 aliphatic carbocycles. The van der Waals surface area contributed by atoms with Crippen molar-refractivity contribution < 1.29 is 65.8 Å². The molecule has 0 heterocycles. The Morgan fingerprint density at radius 1 is 0.417 bits per heavy atom. The Balaban J connectivity index is -0.0000000457. The van der Waals surface area contributed by atoms with Gasteiger partial charge in [0.1, 0.15) is 0 Å². The Labute approximate surface area is 159 Å². The van der Waals surface area contributed by atoms with E-state index in [-0.39, 0.29) is 97.8 Å². The molecule has 0 unspecified atom stereocenters. The summed E-state index contributed by atoms with van der Waals surface area (Å²) in [6.07, 6.45) is 0. The summed E-state index contributed by atoms with van der Waals surface area (Å²) in [5, 5.41) is 0. The van der Waals surface area contributed by atoms with E-state index >= 15 is 0 Å². The van der Waals surface area contributed by atoms with Gasteiger partial charge in [0.2, 0.25) is 0 Å². The first-order valence-corrected chi connectivity index (χ1v) is 7.38. The normalized spacial score (nSPS) is 10.0. The minimum atomic E-state index is -5.00. The average molecular weight is 510 g/mol. The molecule has 0 atom stereocenters. The van der Waals surface area contributed by atoms with Crippen LogP contribution < -0.4 is 0 Å². The molecule has 12 heavy (non-hydrogen) atoms. The zero-order valence-electron chi connectivity index (χ0n) is 4.58. The molecule has 0 aromatic heterocycles. The second-order valence-electron chi connectivity index (χ2n) is 1.20. The van der Waals surface area contributed by atoms with Crippen LogP contribution in [0, 0.1) is 0 Å². The minimum absolute atomic E-state index is 0. The zero-order chi connectivity index (χ0) is 9.00. The molecular weight excluding hydrogens is 498 g/mol. The quantitative estimate of drug-likeness (QED) is 0.149. The summed E-state index contributed by atoms with van der Waals surface area (Å²) in [7, 11) is 0. The first-order chi connectivity index (χ1) is 4.00. The molecule has 8 N–H and O–H groups in total. The van der Waals surface area contributed by atoms with Gasteiger partial charge in [-0.2, -0.15) is 0 Å². The third-order valence-electron chi connectivity index (χ3n) is 0. The van der Waals surface area contributed by atoms with Gasteiger partial charge in [-0.1, -0.05) is 0 Å². The molecule has 0 aromatic rings. The van der Waals surface area contributed by atoms with E-state index in [1.54, 1.807) is 0 Å². The molecule has 0 bridgehead atoms. The van der Waals surface area contributed by atoms with Gasteiger partial charge in [0.05, 0.1) is 0 Å². The number of hydrogen-bond donors (Lipinski definition) is 8. The van der Waals surface area contributed by atoms with Crippen molar-refractivity contribution in [3.63, 3.8) is 0 Å². The molecule has 8 nitrogen and oxygen atoms in total. The molecular formula is H12Ba2O8Ti2. The van der Waals surface area contributed by atoms with Crippen molar-refractivity contribution in [3.8, 4) is 0 Å². The van der Waals surface area contributed by atoms with E-state index in [2.05, 4.69) is 0 Å². The summed E-state index contributed by atoms with van der Waals surface area (Å²) in [5.41, 5.74) is 0. The van der Waals surface area contributed by atoms with Gasteiger partial charge in [0.15, 0.2) is 0 Å². The van der Waals surface area contributed by atoms with E-state index in [1.807, 2.05) is 0 Å². The molecule has 0 rings (SSSR count). The van der Waals surface area contributed by atoms with Crippen molar-refractivity contribution in [2.45, 2.75) is 0 Å². The standard InChI is InChI=1S/2Ba.8H2O.2Ti.4H/h;;8*1H2;;;;;;/q;;;;;;;;;;2*+4;;;;/p-8. The Morgan fingerprint density at radius 3 is 0.417 bits per heavy atom. The fraction of sp³-hybridized carbons (Fsp3) is 0. The van der Waals surface area contributed by atoms with E-state index in [0.29, 0.717) is 0 Å². The fourth-order valence-electron chi connectivity index (χ4n) is 0. The molecule has 0 aliphatic rings. The maximum absolute atomic E-state index is 7.38. The summed E-state index contributed by atoms with van der Waals surface area (Å²) >= 11 is -10.0. The summed E-state index contributed by atoms with van der Waals surface area (Å²) in [4.78, 5) is 0. The maximum atomic E-state index is 7.38. The van der Waals surface area contributed by atoms with Crippen LogP contribution in [0.25, 0.3) is 0 Å². The summed E-state index contributed by atoms with van der Waals surface area (Å²) in [5.74, 6) is 0. The van der Waals surface area contributed by atoms with Gasteiger partial charge in [0, 0.05) is 0 Å². The van der Waals surface area contributed by atoms with Gasteiger partial charge in [-0.15, -0.1) is 0 Å². The topological polar surface area (TPSA) is 162 Å². The first kappa shape index (κ1) is 25.2.